The number of aryl methyl sites for hydroxylation is 1. The Balaban J connectivity index is 1.07. The highest BCUT2D eigenvalue weighted by molar-refractivity contribution is 5.88. The molecule has 0 atom stereocenters. The Hall–Kier alpha value is -6.81. The fourth-order valence-electron chi connectivity index (χ4n) is 5.21. The van der Waals surface area contributed by atoms with Crippen molar-refractivity contribution in [1.29, 1.82) is 0 Å². The third kappa shape index (κ3) is 7.28. The van der Waals surface area contributed by atoms with Gasteiger partial charge in [0.2, 0.25) is 5.88 Å². The molecule has 7 aromatic rings. The number of hydrogen-bond donors (Lipinski definition) is 2. The van der Waals surface area contributed by atoms with Gasteiger partial charge in [0.15, 0.2) is 0 Å². The number of carboxylic acids is 1. The number of carbonyl (C=O) groups is 1. The lowest BCUT2D eigenvalue weighted by Gasteiger charge is -2.10. The van der Waals surface area contributed by atoms with Crippen LogP contribution in [-0.4, -0.2) is 36.6 Å². The lowest BCUT2D eigenvalue weighted by molar-refractivity contribution is 0.0697. The van der Waals surface area contributed by atoms with Crippen molar-refractivity contribution in [3.05, 3.63) is 156 Å². The van der Waals surface area contributed by atoms with Gasteiger partial charge < -0.3 is 20.0 Å². The second-order valence-electron chi connectivity index (χ2n) is 11.2. The van der Waals surface area contributed by atoms with Crippen LogP contribution in [0.1, 0.15) is 27.2 Å². The zero-order valence-electron chi connectivity index (χ0n) is 26.4. The summed E-state index contributed by atoms with van der Waals surface area (Å²) in [4.78, 5) is 30.4. The second-order valence-corrected chi connectivity index (χ2v) is 11.2. The molecule has 0 aliphatic rings. The first-order valence-corrected chi connectivity index (χ1v) is 15.5. The van der Waals surface area contributed by atoms with E-state index in [2.05, 4.69) is 44.7 Å². The first-order chi connectivity index (χ1) is 24.0. The number of rotatable bonds is 11. The summed E-state index contributed by atoms with van der Waals surface area (Å²) in [7, 11) is 0. The second kappa shape index (κ2) is 13.9. The van der Waals surface area contributed by atoms with E-state index in [1.54, 1.807) is 42.9 Å². The molecular formula is C39H30N6O4. The number of oxime groups is 1. The normalized spacial score (nSPS) is 11.1. The molecule has 0 saturated carbocycles. The molecule has 0 saturated heterocycles. The summed E-state index contributed by atoms with van der Waals surface area (Å²) >= 11 is 0. The minimum absolute atomic E-state index is 0.218. The van der Waals surface area contributed by atoms with Gasteiger partial charge >= 0.3 is 5.97 Å². The van der Waals surface area contributed by atoms with E-state index in [4.69, 9.17) is 14.6 Å². The van der Waals surface area contributed by atoms with Gasteiger partial charge in [0.25, 0.3) is 0 Å². The fourth-order valence-corrected chi connectivity index (χ4v) is 5.21. The minimum Gasteiger partial charge on any atom is -0.478 e. The van der Waals surface area contributed by atoms with Crippen LogP contribution in [0.15, 0.2) is 139 Å². The van der Waals surface area contributed by atoms with Gasteiger partial charge in [0.1, 0.15) is 29.5 Å². The SMILES string of the molecule is Cc1cncc(Oc2ccc(C=NOCc3ccc(-c4nc5cc(-c6ccccc6)ccn5c4Nc4ccc(C(=O)O)cc4)cc3)cc2)n1. The Morgan fingerprint density at radius 2 is 1.63 bits per heavy atom. The summed E-state index contributed by atoms with van der Waals surface area (Å²) in [6.07, 6.45) is 6.88. The summed E-state index contributed by atoms with van der Waals surface area (Å²) in [5.74, 6) is 0.873. The number of nitrogens with zero attached hydrogens (tertiary/aromatic N) is 5. The van der Waals surface area contributed by atoms with Crippen LogP contribution >= 0.6 is 0 Å². The van der Waals surface area contributed by atoms with Crippen molar-refractivity contribution in [1.82, 2.24) is 19.4 Å². The highest BCUT2D eigenvalue weighted by Crippen LogP contribution is 2.33. The Bertz CT molecular complexity index is 2250. The van der Waals surface area contributed by atoms with E-state index in [0.29, 0.717) is 11.6 Å². The van der Waals surface area contributed by atoms with Gasteiger partial charge in [-0.25, -0.2) is 14.8 Å². The maximum Gasteiger partial charge on any atom is 0.335 e. The standard InChI is InChI=1S/C39H30N6O4/c1-26-22-40-24-36(42-26)49-34-17-9-27(10-18-34)23-41-48-25-28-7-11-30(12-8-28)37-38(43-33-15-13-31(14-16-33)39(46)47)45-20-19-32(21-35(45)44-37)29-5-3-2-4-6-29/h2-24,43H,25H2,1H3,(H,46,47). The van der Waals surface area contributed by atoms with Crippen molar-refractivity contribution in [2.75, 3.05) is 5.32 Å². The van der Waals surface area contributed by atoms with E-state index in [-0.39, 0.29) is 12.2 Å². The Labute approximate surface area is 282 Å². The van der Waals surface area contributed by atoms with Crippen molar-refractivity contribution in [3.63, 3.8) is 0 Å². The Morgan fingerprint density at radius 1 is 0.857 bits per heavy atom. The van der Waals surface area contributed by atoms with Crippen LogP contribution in [0.25, 0.3) is 28.0 Å². The van der Waals surface area contributed by atoms with Gasteiger partial charge in [0.05, 0.1) is 23.7 Å². The molecule has 10 nitrogen and oxygen atoms in total. The Kier molecular flexibility index (Phi) is 8.74. The number of hydrogen-bond acceptors (Lipinski definition) is 8. The molecule has 240 valence electrons. The maximum atomic E-state index is 11.4. The zero-order valence-corrected chi connectivity index (χ0v) is 26.4. The number of pyridine rings is 1. The summed E-state index contributed by atoms with van der Waals surface area (Å²) in [6.45, 7) is 2.15. The van der Waals surface area contributed by atoms with E-state index >= 15 is 0 Å². The van der Waals surface area contributed by atoms with Crippen molar-refractivity contribution in [2.45, 2.75) is 13.5 Å². The van der Waals surface area contributed by atoms with Gasteiger partial charge in [-0.3, -0.25) is 9.38 Å². The molecule has 0 spiro atoms. The Morgan fingerprint density at radius 3 is 2.37 bits per heavy atom. The first kappa shape index (κ1) is 30.8. The number of nitrogens with one attached hydrogen (secondary N) is 1. The van der Waals surface area contributed by atoms with Gasteiger partial charge in [-0.05, 0) is 89.8 Å². The first-order valence-electron chi connectivity index (χ1n) is 15.5. The molecule has 49 heavy (non-hydrogen) atoms. The molecule has 10 heteroatoms. The predicted molar refractivity (Wildman–Crippen MR) is 188 cm³/mol. The summed E-state index contributed by atoms with van der Waals surface area (Å²) in [6, 6.07) is 36.3. The number of benzene rings is 4. The van der Waals surface area contributed by atoms with E-state index in [1.807, 2.05) is 84.3 Å². The van der Waals surface area contributed by atoms with Crippen molar-refractivity contribution in [3.8, 4) is 34.0 Å². The van der Waals surface area contributed by atoms with Crippen LogP contribution < -0.4 is 10.1 Å². The van der Waals surface area contributed by atoms with Gasteiger partial charge in [0, 0.05) is 23.6 Å². The lowest BCUT2D eigenvalue weighted by Crippen LogP contribution is -1.99. The minimum atomic E-state index is -0.973. The largest absolute Gasteiger partial charge is 0.478 e. The highest BCUT2D eigenvalue weighted by Gasteiger charge is 2.16. The van der Waals surface area contributed by atoms with E-state index in [0.717, 1.165) is 56.4 Å². The average Bonchev–Trinajstić information content (AvgIpc) is 3.49. The summed E-state index contributed by atoms with van der Waals surface area (Å²) < 4.78 is 7.74. The van der Waals surface area contributed by atoms with Crippen LogP contribution in [0.4, 0.5) is 11.5 Å². The van der Waals surface area contributed by atoms with Gasteiger partial charge in [-0.15, -0.1) is 0 Å². The van der Waals surface area contributed by atoms with E-state index in [9.17, 15) is 9.90 Å². The van der Waals surface area contributed by atoms with Crippen LogP contribution in [0.3, 0.4) is 0 Å². The average molecular weight is 647 g/mol. The molecule has 3 heterocycles. The molecule has 0 unspecified atom stereocenters. The number of aromatic carboxylic acids is 1. The third-order valence-corrected chi connectivity index (χ3v) is 7.70. The molecule has 0 aliphatic carbocycles. The molecule has 0 aliphatic heterocycles. The van der Waals surface area contributed by atoms with Gasteiger partial charge in [-0.2, -0.15) is 0 Å². The topological polar surface area (TPSA) is 123 Å². The number of ether oxygens (including phenoxy) is 1. The molecule has 0 fully saturated rings. The number of anilines is 2. The lowest BCUT2D eigenvalue weighted by atomic mass is 10.1. The predicted octanol–water partition coefficient (Wildman–Crippen LogP) is 8.55. The summed E-state index contributed by atoms with van der Waals surface area (Å²) in [5.41, 5.74) is 8.12. The number of aromatic nitrogens is 4. The van der Waals surface area contributed by atoms with E-state index in [1.165, 1.54) is 0 Å². The quantitative estimate of drug-likeness (QED) is 0.106. The van der Waals surface area contributed by atoms with Gasteiger partial charge in [-0.1, -0.05) is 59.8 Å². The van der Waals surface area contributed by atoms with Crippen molar-refractivity contribution < 1.29 is 19.5 Å². The number of carboxylic acid groups (broad SMARTS) is 1. The number of fused-ring (bicyclic) bond motifs is 1. The monoisotopic (exact) mass is 646 g/mol. The van der Waals surface area contributed by atoms with Crippen molar-refractivity contribution >= 4 is 29.3 Å². The smallest absolute Gasteiger partial charge is 0.335 e. The molecule has 0 radical (unpaired) electrons. The van der Waals surface area contributed by atoms with Crippen LogP contribution in [0.2, 0.25) is 0 Å². The zero-order chi connectivity index (χ0) is 33.6. The van der Waals surface area contributed by atoms with Crippen LogP contribution in [-0.2, 0) is 11.4 Å². The maximum absolute atomic E-state index is 11.4. The van der Waals surface area contributed by atoms with Crippen LogP contribution in [0.5, 0.6) is 11.6 Å². The number of imidazole rings is 1. The molecule has 7 rings (SSSR count). The third-order valence-electron chi connectivity index (χ3n) is 7.70. The van der Waals surface area contributed by atoms with Crippen molar-refractivity contribution in [2.24, 2.45) is 5.16 Å². The molecule has 0 amide bonds. The van der Waals surface area contributed by atoms with Crippen LogP contribution in [0, 0.1) is 6.92 Å². The highest BCUT2D eigenvalue weighted by atomic mass is 16.6. The summed E-state index contributed by atoms with van der Waals surface area (Å²) in [5, 5.41) is 16.9. The molecule has 4 aromatic carbocycles. The molecular weight excluding hydrogens is 616 g/mol. The fraction of sp³-hybridized carbons (Fsp3) is 0.0513. The molecule has 2 N–H and O–H groups in total. The molecule has 0 bridgehead atoms. The van der Waals surface area contributed by atoms with E-state index < -0.39 is 5.97 Å². The molecule has 3 aromatic heterocycles.